The number of furan rings is 1. The van der Waals surface area contributed by atoms with Crippen molar-refractivity contribution in [2.45, 2.75) is 50.7 Å². The van der Waals surface area contributed by atoms with Crippen LogP contribution in [0.15, 0.2) is 15.4 Å². The van der Waals surface area contributed by atoms with Crippen molar-refractivity contribution in [3.05, 3.63) is 17.6 Å². The van der Waals surface area contributed by atoms with Crippen LogP contribution in [-0.2, 0) is 16.6 Å². The highest BCUT2D eigenvalue weighted by Gasteiger charge is 2.30. The number of nitrogens with one attached hydrogen (secondary N) is 1. The lowest BCUT2D eigenvalue weighted by atomic mass is 10.1. The van der Waals surface area contributed by atoms with Gasteiger partial charge in [0.25, 0.3) is 0 Å². The van der Waals surface area contributed by atoms with Gasteiger partial charge in [0.15, 0.2) is 0 Å². The van der Waals surface area contributed by atoms with Gasteiger partial charge in [0.1, 0.15) is 23.0 Å². The van der Waals surface area contributed by atoms with E-state index in [1.165, 1.54) is 6.07 Å². The lowest BCUT2D eigenvalue weighted by molar-refractivity contribution is 0.244. The van der Waals surface area contributed by atoms with E-state index in [9.17, 15) is 8.42 Å². The molecule has 5 nitrogen and oxygen atoms in total. The van der Waals surface area contributed by atoms with Gasteiger partial charge in [-0.25, -0.2) is 13.1 Å². The smallest absolute Gasteiger partial charge is 0.244 e. The SMILES string of the molecule is Cc1oc(CO)cc1S(=O)(=O)NC1CCCC1C. The summed E-state index contributed by atoms with van der Waals surface area (Å²) in [5, 5.41) is 8.96. The van der Waals surface area contributed by atoms with Crippen LogP contribution in [0.3, 0.4) is 0 Å². The Bertz CT molecular complexity index is 520. The highest BCUT2D eigenvalue weighted by atomic mass is 32.2. The van der Waals surface area contributed by atoms with Crippen LogP contribution in [-0.4, -0.2) is 19.6 Å². The molecule has 2 unspecified atom stereocenters. The summed E-state index contributed by atoms with van der Waals surface area (Å²) in [6, 6.07) is 1.39. The Kier molecular flexibility index (Phi) is 3.79. The molecule has 1 aromatic rings. The molecule has 1 fully saturated rings. The predicted molar refractivity (Wildman–Crippen MR) is 66.5 cm³/mol. The van der Waals surface area contributed by atoms with Crippen LogP contribution < -0.4 is 4.72 Å². The van der Waals surface area contributed by atoms with Crippen LogP contribution in [0.4, 0.5) is 0 Å². The molecule has 102 valence electrons. The van der Waals surface area contributed by atoms with Gasteiger partial charge in [-0.1, -0.05) is 13.3 Å². The third kappa shape index (κ3) is 2.60. The number of sulfonamides is 1. The zero-order chi connectivity index (χ0) is 13.3. The van der Waals surface area contributed by atoms with Gasteiger partial charge >= 0.3 is 0 Å². The Morgan fingerprint density at radius 3 is 2.72 bits per heavy atom. The van der Waals surface area contributed by atoms with Gasteiger partial charge in [-0.05, 0) is 25.7 Å². The lowest BCUT2D eigenvalue weighted by Crippen LogP contribution is -2.36. The van der Waals surface area contributed by atoms with Gasteiger partial charge in [0, 0.05) is 12.1 Å². The van der Waals surface area contributed by atoms with Gasteiger partial charge in [0.05, 0.1) is 0 Å². The first-order chi connectivity index (χ1) is 8.44. The summed E-state index contributed by atoms with van der Waals surface area (Å²) in [5.74, 6) is 0.953. The first-order valence-electron chi connectivity index (χ1n) is 6.16. The summed E-state index contributed by atoms with van der Waals surface area (Å²) in [7, 11) is -3.55. The van der Waals surface area contributed by atoms with E-state index >= 15 is 0 Å². The van der Waals surface area contributed by atoms with Crippen molar-refractivity contribution in [3.8, 4) is 0 Å². The van der Waals surface area contributed by atoms with E-state index in [4.69, 9.17) is 9.52 Å². The van der Waals surface area contributed by atoms with Gasteiger partial charge in [-0.15, -0.1) is 0 Å². The summed E-state index contributed by atoms with van der Waals surface area (Å²) < 4.78 is 32.4. The molecule has 6 heteroatoms. The van der Waals surface area contributed by atoms with Crippen molar-refractivity contribution < 1.29 is 17.9 Å². The van der Waals surface area contributed by atoms with E-state index in [0.29, 0.717) is 11.7 Å². The number of aliphatic hydroxyl groups is 1. The predicted octanol–water partition coefficient (Wildman–Crippen LogP) is 1.55. The maximum Gasteiger partial charge on any atom is 0.244 e. The third-order valence-corrected chi connectivity index (χ3v) is 5.13. The third-order valence-electron chi connectivity index (χ3n) is 3.54. The van der Waals surface area contributed by atoms with Gasteiger partial charge in [-0.3, -0.25) is 0 Å². The van der Waals surface area contributed by atoms with Gasteiger partial charge < -0.3 is 9.52 Å². The Balaban J connectivity index is 2.22. The summed E-state index contributed by atoms with van der Waals surface area (Å²) in [6.45, 7) is 3.35. The lowest BCUT2D eigenvalue weighted by Gasteiger charge is -2.16. The molecule has 0 saturated heterocycles. The summed E-state index contributed by atoms with van der Waals surface area (Å²) in [4.78, 5) is 0.130. The fourth-order valence-corrected chi connectivity index (χ4v) is 4.03. The van der Waals surface area contributed by atoms with Crippen molar-refractivity contribution in [1.29, 1.82) is 0 Å². The summed E-state index contributed by atoms with van der Waals surface area (Å²) in [5.41, 5.74) is 0. The minimum atomic E-state index is -3.55. The second kappa shape index (κ2) is 5.03. The molecule has 0 bridgehead atoms. The number of aryl methyl sites for hydroxylation is 1. The average Bonchev–Trinajstić information content (AvgIpc) is 2.86. The molecule has 0 aromatic carbocycles. The summed E-state index contributed by atoms with van der Waals surface area (Å²) >= 11 is 0. The van der Waals surface area contributed by atoms with E-state index in [0.717, 1.165) is 19.3 Å². The van der Waals surface area contributed by atoms with Crippen molar-refractivity contribution in [2.75, 3.05) is 0 Å². The molecule has 1 heterocycles. The van der Waals surface area contributed by atoms with Crippen molar-refractivity contribution in [1.82, 2.24) is 4.72 Å². The average molecular weight is 273 g/mol. The maximum absolute atomic E-state index is 12.2. The zero-order valence-corrected chi connectivity index (χ0v) is 11.5. The van der Waals surface area contributed by atoms with E-state index in [2.05, 4.69) is 11.6 Å². The molecule has 1 aliphatic rings. The minimum Gasteiger partial charge on any atom is -0.462 e. The molecule has 0 radical (unpaired) electrons. The molecule has 1 saturated carbocycles. The van der Waals surface area contributed by atoms with E-state index in [1.807, 2.05) is 0 Å². The molecule has 2 atom stereocenters. The quantitative estimate of drug-likeness (QED) is 0.872. The second-order valence-corrected chi connectivity index (χ2v) is 6.61. The molecule has 0 aliphatic heterocycles. The highest BCUT2D eigenvalue weighted by molar-refractivity contribution is 7.89. The fraction of sp³-hybridized carbons (Fsp3) is 0.667. The van der Waals surface area contributed by atoms with Crippen molar-refractivity contribution >= 4 is 10.0 Å². The zero-order valence-electron chi connectivity index (χ0n) is 10.6. The molecular formula is C12H19NO4S. The van der Waals surface area contributed by atoms with Crippen molar-refractivity contribution in [3.63, 3.8) is 0 Å². The number of hydrogen-bond acceptors (Lipinski definition) is 4. The Morgan fingerprint density at radius 2 is 2.22 bits per heavy atom. The fourth-order valence-electron chi connectivity index (χ4n) is 2.45. The Labute approximate surface area is 107 Å². The van der Waals surface area contributed by atoms with Gasteiger partial charge in [0.2, 0.25) is 10.0 Å². The van der Waals surface area contributed by atoms with Crippen LogP contribution in [0.2, 0.25) is 0 Å². The molecule has 1 aromatic heterocycles. The topological polar surface area (TPSA) is 79.5 Å². The van der Waals surface area contributed by atoms with E-state index < -0.39 is 10.0 Å². The normalized spacial score (nSPS) is 24.6. The van der Waals surface area contributed by atoms with Crippen LogP contribution in [0.5, 0.6) is 0 Å². The monoisotopic (exact) mass is 273 g/mol. The summed E-state index contributed by atoms with van der Waals surface area (Å²) in [6.07, 6.45) is 2.99. The second-order valence-electron chi connectivity index (χ2n) is 4.93. The largest absolute Gasteiger partial charge is 0.462 e. The Hall–Kier alpha value is -0.850. The van der Waals surface area contributed by atoms with Gasteiger partial charge in [-0.2, -0.15) is 0 Å². The standard InChI is InChI=1S/C12H19NO4S/c1-8-4-3-5-11(8)13-18(15,16)12-6-10(7-14)17-9(12)2/h6,8,11,13-14H,3-5,7H2,1-2H3. The number of aliphatic hydroxyl groups excluding tert-OH is 1. The van der Waals surface area contributed by atoms with Crippen LogP contribution >= 0.6 is 0 Å². The maximum atomic E-state index is 12.2. The van der Waals surface area contributed by atoms with E-state index in [1.54, 1.807) is 6.92 Å². The molecule has 0 amide bonds. The van der Waals surface area contributed by atoms with Crippen LogP contribution in [0.25, 0.3) is 0 Å². The number of hydrogen-bond donors (Lipinski definition) is 2. The molecular weight excluding hydrogens is 254 g/mol. The minimum absolute atomic E-state index is 0.00174. The highest BCUT2D eigenvalue weighted by Crippen LogP contribution is 2.27. The Morgan fingerprint density at radius 1 is 1.50 bits per heavy atom. The molecule has 2 rings (SSSR count). The first kappa shape index (κ1) is 13.6. The molecule has 1 aliphatic carbocycles. The van der Waals surface area contributed by atoms with Crippen molar-refractivity contribution in [2.24, 2.45) is 5.92 Å². The first-order valence-corrected chi connectivity index (χ1v) is 7.65. The molecule has 0 spiro atoms. The van der Waals surface area contributed by atoms with Crippen LogP contribution in [0, 0.1) is 12.8 Å². The molecule has 2 N–H and O–H groups in total. The number of rotatable bonds is 4. The van der Waals surface area contributed by atoms with E-state index in [-0.39, 0.29) is 23.3 Å². The van der Waals surface area contributed by atoms with Crippen LogP contribution in [0.1, 0.15) is 37.7 Å². The molecule has 18 heavy (non-hydrogen) atoms.